The number of nitrogens with two attached hydrogens (primary N) is 1. The summed E-state index contributed by atoms with van der Waals surface area (Å²) < 4.78 is 106. The van der Waals surface area contributed by atoms with Crippen LogP contribution in [0, 0.1) is 11.6 Å². The van der Waals surface area contributed by atoms with E-state index in [1.54, 1.807) is 67.4 Å². The van der Waals surface area contributed by atoms with Crippen LogP contribution in [0.25, 0.3) is 45.0 Å². The van der Waals surface area contributed by atoms with Crippen molar-refractivity contribution >= 4 is 40.4 Å². The van der Waals surface area contributed by atoms with Crippen LogP contribution in [-0.4, -0.2) is 74.2 Å². The van der Waals surface area contributed by atoms with Gasteiger partial charge in [0.25, 0.3) is 0 Å². The second-order valence-electron chi connectivity index (χ2n) is 17.7. The average molecular weight is 1010 g/mol. The molecule has 2 atom stereocenters. The zero-order valence-corrected chi connectivity index (χ0v) is 38.8. The summed E-state index contributed by atoms with van der Waals surface area (Å²) in [7, 11) is 0. The summed E-state index contributed by atoms with van der Waals surface area (Å²) in [5, 5.41) is 6.10. The Kier molecular flexibility index (Phi) is 13.2. The summed E-state index contributed by atoms with van der Waals surface area (Å²) in [6, 6.07) is 25.3. The molecule has 12 rings (SSSR count). The zero-order chi connectivity index (χ0) is 51.7. The standard InChI is InChI=1S/C27H20F4N6O.C15H13F3N4.C11H9FN2/c28-20-10-18(17-4-2-7-32-13-17)11-21(12-20)34-26(38)37-22-6-8-36(15-22)23-14-33-24(35-25(23)37)16-3-1-5-19(9-16)27(29,30)31;16-15(17,18)10-3-1-2-9(6-10)13-19-7-12-14(21-13)20-11-4-5-22(12)8-11;12-10-4-9(5-11(13)6-10)8-2-1-3-14-7-8/h1-5,7,9-14,22H,6,8,15H2,(H,34,38);1-3,6-7,11H,4-5,8H2,(H,19,20,21);1-7H,13H2/t22-;11-;/m00./s1. The number of aromatic nitrogens is 6. The SMILES string of the molecule is FC(F)(F)c1cccc(-c2ncc3c(n2)N[C@H]2CCN3C2)c1.Nc1cc(F)cc(-c2cccnc2)c1.O=C(Nc1cc(F)cc(-c2cccnc2)c1)N1c2nc(-c3cccc(C(F)(F)F)c3)ncc2N2CC[C@H]1C2. The van der Waals surface area contributed by atoms with Gasteiger partial charge in [-0.1, -0.05) is 36.4 Å². The minimum absolute atomic E-state index is 0.0692. The summed E-state index contributed by atoms with van der Waals surface area (Å²) >= 11 is 0. The van der Waals surface area contributed by atoms with Crippen LogP contribution in [0.3, 0.4) is 0 Å². The number of halogens is 8. The molecular weight excluding hydrogens is 973 g/mol. The number of benzene rings is 4. The van der Waals surface area contributed by atoms with Crippen molar-refractivity contribution in [3.63, 3.8) is 0 Å². The van der Waals surface area contributed by atoms with Gasteiger partial charge in [-0.3, -0.25) is 14.9 Å². The van der Waals surface area contributed by atoms with Gasteiger partial charge >= 0.3 is 18.4 Å². The predicted octanol–water partition coefficient (Wildman–Crippen LogP) is 11.6. The van der Waals surface area contributed by atoms with Crippen LogP contribution >= 0.6 is 0 Å². The smallest absolute Gasteiger partial charge is 0.399 e. The third-order valence-electron chi connectivity index (χ3n) is 12.7. The highest BCUT2D eigenvalue weighted by atomic mass is 19.4. The first kappa shape index (κ1) is 48.9. The number of nitrogens with one attached hydrogen (secondary N) is 2. The van der Waals surface area contributed by atoms with Crippen molar-refractivity contribution in [2.75, 3.05) is 57.2 Å². The number of fused-ring (bicyclic) bond motifs is 8. The average Bonchev–Trinajstić information content (AvgIpc) is 4.00. The van der Waals surface area contributed by atoms with Gasteiger partial charge in [0.15, 0.2) is 23.3 Å². The molecule has 4 bridgehead atoms. The molecule has 0 spiro atoms. The lowest BCUT2D eigenvalue weighted by Crippen LogP contribution is -2.48. The van der Waals surface area contributed by atoms with E-state index in [0.29, 0.717) is 71.1 Å². The Morgan fingerprint density at radius 2 is 1.18 bits per heavy atom. The molecule has 4 aliphatic rings. The lowest BCUT2D eigenvalue weighted by Gasteiger charge is -2.35. The molecule has 8 aromatic rings. The van der Waals surface area contributed by atoms with Crippen LogP contribution < -0.4 is 31.1 Å². The first-order chi connectivity index (χ1) is 35.5. The van der Waals surface area contributed by atoms with Gasteiger partial charge in [-0.15, -0.1) is 0 Å². The van der Waals surface area contributed by atoms with Gasteiger partial charge in [0.1, 0.15) is 11.6 Å². The second kappa shape index (κ2) is 20.0. The summed E-state index contributed by atoms with van der Waals surface area (Å²) in [6.45, 7) is 3.13. The Balaban J connectivity index is 0.000000145. The Morgan fingerprint density at radius 3 is 1.78 bits per heavy atom. The van der Waals surface area contributed by atoms with E-state index in [0.717, 1.165) is 60.6 Å². The zero-order valence-electron chi connectivity index (χ0n) is 38.8. The highest BCUT2D eigenvalue weighted by Crippen LogP contribution is 2.41. The monoisotopic (exact) mass is 1010 g/mol. The largest absolute Gasteiger partial charge is 0.416 e. The van der Waals surface area contributed by atoms with E-state index in [4.69, 9.17) is 5.73 Å². The molecule has 0 radical (unpaired) electrons. The molecule has 8 heterocycles. The minimum atomic E-state index is -4.51. The van der Waals surface area contributed by atoms with Crippen LogP contribution in [0.15, 0.2) is 146 Å². The molecule has 376 valence electrons. The third-order valence-corrected chi connectivity index (χ3v) is 12.7. The number of nitrogens with zero attached hydrogens (tertiary/aromatic N) is 9. The second-order valence-corrected chi connectivity index (χ2v) is 17.7. The van der Waals surface area contributed by atoms with Crippen molar-refractivity contribution in [2.24, 2.45) is 0 Å². The predicted molar refractivity (Wildman–Crippen MR) is 265 cm³/mol. The molecule has 4 aromatic heterocycles. The number of hydrogen-bond acceptors (Lipinski definition) is 11. The lowest BCUT2D eigenvalue weighted by atomic mass is 10.1. The van der Waals surface area contributed by atoms with Crippen LogP contribution in [0.5, 0.6) is 0 Å². The van der Waals surface area contributed by atoms with Crippen molar-refractivity contribution in [1.82, 2.24) is 29.9 Å². The van der Waals surface area contributed by atoms with Crippen molar-refractivity contribution in [1.29, 1.82) is 0 Å². The molecular formula is C53H42F8N12O. The maximum Gasteiger partial charge on any atom is 0.416 e. The molecule has 0 saturated carbocycles. The Bertz CT molecular complexity index is 3330. The normalized spacial score (nSPS) is 16.2. The lowest BCUT2D eigenvalue weighted by molar-refractivity contribution is -0.138. The fourth-order valence-electron chi connectivity index (χ4n) is 9.18. The first-order valence-corrected chi connectivity index (χ1v) is 23.2. The van der Waals surface area contributed by atoms with Crippen molar-refractivity contribution in [3.05, 3.63) is 169 Å². The molecule has 2 amide bonds. The molecule has 13 nitrogen and oxygen atoms in total. The van der Waals surface area contributed by atoms with E-state index in [1.807, 2.05) is 11.0 Å². The summed E-state index contributed by atoms with van der Waals surface area (Å²) in [5.41, 5.74) is 9.63. The number of urea groups is 1. The molecule has 2 fully saturated rings. The van der Waals surface area contributed by atoms with Gasteiger partial charge in [0, 0.05) is 90.6 Å². The molecule has 74 heavy (non-hydrogen) atoms. The van der Waals surface area contributed by atoms with E-state index >= 15 is 0 Å². The summed E-state index contributed by atoms with van der Waals surface area (Å²) in [4.78, 5) is 44.8. The highest BCUT2D eigenvalue weighted by Gasteiger charge is 2.41. The van der Waals surface area contributed by atoms with E-state index < -0.39 is 35.3 Å². The Morgan fingerprint density at radius 1 is 0.608 bits per heavy atom. The number of nitrogen functional groups attached to an aromatic ring is 1. The fourth-order valence-corrected chi connectivity index (χ4v) is 9.18. The maximum atomic E-state index is 14.5. The first-order valence-electron chi connectivity index (χ1n) is 23.2. The van der Waals surface area contributed by atoms with Gasteiger partial charge in [0.05, 0.1) is 40.9 Å². The number of pyridine rings is 2. The molecule has 0 aliphatic carbocycles. The molecule has 4 N–H and O–H groups in total. The van der Waals surface area contributed by atoms with Gasteiger partial charge in [0.2, 0.25) is 0 Å². The van der Waals surface area contributed by atoms with E-state index in [-0.39, 0.29) is 28.9 Å². The number of carbonyl (C=O) groups is 1. The number of hydrogen-bond donors (Lipinski definition) is 3. The number of rotatable bonds is 5. The van der Waals surface area contributed by atoms with Crippen LogP contribution in [0.2, 0.25) is 0 Å². The topological polar surface area (TPSA) is 154 Å². The number of anilines is 6. The quantitative estimate of drug-likeness (QED) is 0.111. The summed E-state index contributed by atoms with van der Waals surface area (Å²) in [5.74, 6) is 0.518. The molecule has 4 aromatic carbocycles. The summed E-state index contributed by atoms with van der Waals surface area (Å²) in [6.07, 6.45) is 2.60. The Hall–Kier alpha value is -8.75. The van der Waals surface area contributed by atoms with E-state index in [2.05, 4.69) is 45.4 Å². The maximum absolute atomic E-state index is 14.5. The van der Waals surface area contributed by atoms with E-state index in [1.165, 1.54) is 53.6 Å². The fraction of sp³-hybridized carbons (Fsp3) is 0.189. The van der Waals surface area contributed by atoms with Gasteiger partial charge in [-0.25, -0.2) is 33.5 Å². The highest BCUT2D eigenvalue weighted by molar-refractivity contribution is 6.05. The van der Waals surface area contributed by atoms with Gasteiger partial charge in [-0.05, 0) is 96.8 Å². The van der Waals surface area contributed by atoms with Crippen molar-refractivity contribution < 1.29 is 39.9 Å². The molecule has 0 unspecified atom stereocenters. The molecule has 21 heteroatoms. The van der Waals surface area contributed by atoms with Crippen molar-refractivity contribution in [2.45, 2.75) is 37.3 Å². The van der Waals surface area contributed by atoms with Gasteiger partial charge in [-0.2, -0.15) is 26.3 Å². The minimum Gasteiger partial charge on any atom is -0.399 e. The van der Waals surface area contributed by atoms with Crippen LogP contribution in [-0.2, 0) is 12.4 Å². The number of alkyl halides is 6. The van der Waals surface area contributed by atoms with Crippen molar-refractivity contribution in [3.8, 4) is 45.0 Å². The molecule has 4 aliphatic heterocycles. The third kappa shape index (κ3) is 10.7. The molecule has 2 saturated heterocycles. The Labute approximate surface area is 417 Å². The number of carbonyl (C=O) groups excluding carboxylic acids is 1. The van der Waals surface area contributed by atoms with Crippen LogP contribution in [0.1, 0.15) is 24.0 Å². The van der Waals surface area contributed by atoms with E-state index in [9.17, 15) is 39.9 Å². The van der Waals surface area contributed by atoms with Crippen LogP contribution in [0.4, 0.5) is 74.3 Å². The van der Waals surface area contributed by atoms with Gasteiger partial charge < -0.3 is 26.2 Å². The number of amides is 2.